The van der Waals surface area contributed by atoms with Gasteiger partial charge in [-0.1, -0.05) is 74.0 Å². The highest BCUT2D eigenvalue weighted by atomic mass is 32.2. The number of halogens is 1. The molecule has 0 bridgehead atoms. The van der Waals surface area contributed by atoms with Crippen LogP contribution in [-0.4, -0.2) is 50.9 Å². The van der Waals surface area contributed by atoms with Crippen LogP contribution in [-0.2, 0) is 32.6 Å². The Morgan fingerprint density at radius 3 is 2.07 bits per heavy atom. The van der Waals surface area contributed by atoms with Crippen molar-refractivity contribution in [3.05, 3.63) is 126 Å². The number of ether oxygens (including phenoxy) is 1. The highest BCUT2D eigenvalue weighted by Crippen LogP contribution is 2.27. The first-order valence-electron chi connectivity index (χ1n) is 15.4. The third-order valence-electron chi connectivity index (χ3n) is 7.41. The molecule has 4 rings (SSSR count). The molecule has 0 aliphatic carbocycles. The van der Waals surface area contributed by atoms with E-state index >= 15 is 0 Å². The molecule has 0 aliphatic heterocycles. The summed E-state index contributed by atoms with van der Waals surface area (Å²) in [6, 6.07) is 28.4. The summed E-state index contributed by atoms with van der Waals surface area (Å²) in [5.74, 6) is -0.828. The smallest absolute Gasteiger partial charge is 0.264 e. The SMILES string of the molecule is CCCCNC(=O)[C@@H](Cc1ccccc1)N(Cc1ccc(F)cc1)C(=O)CN(c1ccc(OCC)cc1)S(=O)(=O)c1ccccc1. The maximum atomic E-state index is 14.5. The van der Waals surface area contributed by atoms with Gasteiger partial charge in [-0.25, -0.2) is 12.8 Å². The Bertz CT molecular complexity index is 1650. The average molecular weight is 646 g/mol. The van der Waals surface area contributed by atoms with E-state index < -0.39 is 34.3 Å². The van der Waals surface area contributed by atoms with E-state index in [1.165, 1.54) is 29.2 Å². The lowest BCUT2D eigenvalue weighted by molar-refractivity contribution is -0.140. The molecule has 0 spiro atoms. The number of rotatable bonds is 16. The van der Waals surface area contributed by atoms with E-state index in [0.29, 0.717) is 24.5 Å². The molecule has 4 aromatic rings. The summed E-state index contributed by atoms with van der Waals surface area (Å²) in [7, 11) is -4.21. The predicted molar refractivity (Wildman–Crippen MR) is 177 cm³/mol. The van der Waals surface area contributed by atoms with E-state index in [-0.39, 0.29) is 29.5 Å². The fourth-order valence-electron chi connectivity index (χ4n) is 4.97. The number of amides is 2. The molecule has 0 aromatic heterocycles. The van der Waals surface area contributed by atoms with Gasteiger partial charge in [-0.15, -0.1) is 0 Å². The van der Waals surface area contributed by atoms with Crippen molar-refractivity contribution in [3.63, 3.8) is 0 Å². The minimum atomic E-state index is -4.21. The number of carbonyl (C=O) groups is 2. The molecule has 0 radical (unpaired) electrons. The largest absolute Gasteiger partial charge is 0.494 e. The molecule has 0 aliphatic rings. The number of carbonyl (C=O) groups excluding carboxylic acids is 2. The van der Waals surface area contributed by atoms with Gasteiger partial charge in [0.2, 0.25) is 11.8 Å². The molecule has 242 valence electrons. The second kappa shape index (κ2) is 16.6. The van der Waals surface area contributed by atoms with Crippen LogP contribution in [0.2, 0.25) is 0 Å². The third-order valence-corrected chi connectivity index (χ3v) is 9.20. The predicted octanol–water partition coefficient (Wildman–Crippen LogP) is 5.98. The molecular weight excluding hydrogens is 605 g/mol. The molecule has 1 N–H and O–H groups in total. The van der Waals surface area contributed by atoms with Gasteiger partial charge in [-0.2, -0.15) is 0 Å². The molecule has 0 fully saturated rings. The minimum Gasteiger partial charge on any atom is -0.494 e. The molecule has 46 heavy (non-hydrogen) atoms. The number of unbranched alkanes of at least 4 members (excludes halogenated alkanes) is 1. The molecule has 8 nitrogen and oxygen atoms in total. The van der Waals surface area contributed by atoms with Crippen LogP contribution in [0, 0.1) is 5.82 Å². The number of nitrogens with one attached hydrogen (secondary N) is 1. The number of benzene rings is 4. The summed E-state index contributed by atoms with van der Waals surface area (Å²) in [6.07, 6.45) is 1.83. The Labute approximate surface area is 270 Å². The summed E-state index contributed by atoms with van der Waals surface area (Å²) >= 11 is 0. The van der Waals surface area contributed by atoms with Crippen LogP contribution >= 0.6 is 0 Å². The molecule has 0 unspecified atom stereocenters. The molecule has 10 heteroatoms. The molecule has 0 saturated heterocycles. The second-order valence-electron chi connectivity index (χ2n) is 10.7. The van der Waals surface area contributed by atoms with Crippen molar-refractivity contribution >= 4 is 27.5 Å². The lowest BCUT2D eigenvalue weighted by atomic mass is 10.0. The van der Waals surface area contributed by atoms with Crippen molar-refractivity contribution < 1.29 is 27.1 Å². The molecule has 4 aromatic carbocycles. The molecule has 0 saturated carbocycles. The van der Waals surface area contributed by atoms with E-state index in [4.69, 9.17) is 4.74 Å². The van der Waals surface area contributed by atoms with Crippen LogP contribution in [0.3, 0.4) is 0 Å². The van der Waals surface area contributed by atoms with Gasteiger partial charge >= 0.3 is 0 Å². The number of sulfonamides is 1. The summed E-state index contributed by atoms with van der Waals surface area (Å²) in [5, 5.41) is 2.95. The Morgan fingerprint density at radius 2 is 1.46 bits per heavy atom. The fourth-order valence-corrected chi connectivity index (χ4v) is 6.41. The lowest BCUT2D eigenvalue weighted by Crippen LogP contribution is -2.53. The van der Waals surface area contributed by atoms with Gasteiger partial charge in [0.15, 0.2) is 0 Å². The van der Waals surface area contributed by atoms with Crippen LogP contribution in [0.5, 0.6) is 5.75 Å². The quantitative estimate of drug-likeness (QED) is 0.151. The number of hydrogen-bond donors (Lipinski definition) is 1. The van der Waals surface area contributed by atoms with Gasteiger partial charge in [0.1, 0.15) is 24.2 Å². The molecule has 0 heterocycles. The van der Waals surface area contributed by atoms with Crippen LogP contribution in [0.25, 0.3) is 0 Å². The monoisotopic (exact) mass is 645 g/mol. The van der Waals surface area contributed by atoms with Gasteiger partial charge in [0.05, 0.1) is 17.2 Å². The Kier molecular flexibility index (Phi) is 12.3. The minimum absolute atomic E-state index is 0.0138. The van der Waals surface area contributed by atoms with Crippen molar-refractivity contribution in [2.24, 2.45) is 0 Å². The van der Waals surface area contributed by atoms with Crippen molar-refractivity contribution in [1.82, 2.24) is 10.2 Å². The summed E-state index contributed by atoms with van der Waals surface area (Å²) in [5.41, 5.74) is 1.68. The third kappa shape index (κ3) is 9.17. The van der Waals surface area contributed by atoms with Crippen LogP contribution in [0.1, 0.15) is 37.8 Å². The Morgan fingerprint density at radius 1 is 0.826 bits per heavy atom. The van der Waals surface area contributed by atoms with Gasteiger partial charge in [-0.3, -0.25) is 13.9 Å². The van der Waals surface area contributed by atoms with E-state index in [2.05, 4.69) is 5.32 Å². The first kappa shape index (κ1) is 34.2. The normalized spacial score (nSPS) is 11.8. The van der Waals surface area contributed by atoms with Crippen molar-refractivity contribution in [2.45, 2.75) is 50.6 Å². The fraction of sp³-hybridized carbons (Fsp3) is 0.278. The highest BCUT2D eigenvalue weighted by molar-refractivity contribution is 7.92. The maximum Gasteiger partial charge on any atom is 0.264 e. The van der Waals surface area contributed by atoms with Gasteiger partial charge in [0, 0.05) is 19.5 Å². The summed E-state index contributed by atoms with van der Waals surface area (Å²) in [4.78, 5) is 29.6. The lowest BCUT2D eigenvalue weighted by Gasteiger charge is -2.34. The van der Waals surface area contributed by atoms with Gasteiger partial charge in [-0.05, 0) is 73.0 Å². The Balaban J connectivity index is 1.77. The zero-order valence-electron chi connectivity index (χ0n) is 26.1. The van der Waals surface area contributed by atoms with E-state index in [1.807, 2.05) is 44.2 Å². The first-order valence-corrected chi connectivity index (χ1v) is 16.8. The summed E-state index contributed by atoms with van der Waals surface area (Å²) < 4.78 is 48.6. The maximum absolute atomic E-state index is 14.5. The molecule has 2 amide bonds. The van der Waals surface area contributed by atoms with Crippen LogP contribution in [0.15, 0.2) is 114 Å². The molecule has 1 atom stereocenters. The van der Waals surface area contributed by atoms with E-state index in [9.17, 15) is 22.4 Å². The van der Waals surface area contributed by atoms with Crippen molar-refractivity contribution in [2.75, 3.05) is 24.0 Å². The summed E-state index contributed by atoms with van der Waals surface area (Å²) in [6.45, 7) is 4.10. The van der Waals surface area contributed by atoms with Crippen molar-refractivity contribution in [3.8, 4) is 5.75 Å². The average Bonchev–Trinajstić information content (AvgIpc) is 3.07. The van der Waals surface area contributed by atoms with Gasteiger partial charge < -0.3 is 15.0 Å². The standard InChI is InChI=1S/C36H40FN3O5S/c1-3-5-24-38-36(42)34(25-28-12-8-6-9-13-28)39(26-29-16-18-30(37)19-17-29)35(41)27-40(31-20-22-32(23-21-31)45-4-2)46(43,44)33-14-10-7-11-15-33/h6-23,34H,3-5,24-27H2,1-2H3,(H,38,42)/t34-/m1/s1. The second-order valence-corrected chi connectivity index (χ2v) is 12.6. The number of nitrogens with zero attached hydrogens (tertiary/aromatic N) is 2. The van der Waals surface area contributed by atoms with Crippen LogP contribution < -0.4 is 14.4 Å². The number of hydrogen-bond acceptors (Lipinski definition) is 5. The van der Waals surface area contributed by atoms with E-state index in [1.54, 1.807) is 54.6 Å². The zero-order chi connectivity index (χ0) is 32.9. The van der Waals surface area contributed by atoms with E-state index in [0.717, 1.165) is 22.7 Å². The van der Waals surface area contributed by atoms with Crippen molar-refractivity contribution in [1.29, 1.82) is 0 Å². The van der Waals surface area contributed by atoms with Crippen LogP contribution in [0.4, 0.5) is 10.1 Å². The first-order chi connectivity index (χ1) is 22.2. The topological polar surface area (TPSA) is 96.0 Å². The van der Waals surface area contributed by atoms with Gasteiger partial charge in [0.25, 0.3) is 10.0 Å². The number of anilines is 1. The molecular formula is C36H40FN3O5S. The Hall–Kier alpha value is -4.70. The highest BCUT2D eigenvalue weighted by Gasteiger charge is 2.34. The zero-order valence-corrected chi connectivity index (χ0v) is 27.0.